The molecule has 1 atom stereocenters. The molecule has 1 aliphatic heterocycles. The molecule has 0 saturated carbocycles. The summed E-state index contributed by atoms with van der Waals surface area (Å²) in [5, 5.41) is 6.49. The van der Waals surface area contributed by atoms with Gasteiger partial charge in [0.1, 0.15) is 0 Å². The summed E-state index contributed by atoms with van der Waals surface area (Å²) in [6.45, 7) is 0.208. The number of rotatable bonds is 3. The van der Waals surface area contributed by atoms with Crippen molar-refractivity contribution in [1.82, 2.24) is 5.32 Å². The first-order valence-corrected chi connectivity index (χ1v) is 5.30. The molecule has 0 spiro atoms. The number of nitrogens with zero attached hydrogens (tertiary/aromatic N) is 1. The van der Waals surface area contributed by atoms with E-state index in [1.165, 1.54) is 0 Å². The number of hydrogen-bond acceptors (Lipinski definition) is 3. The van der Waals surface area contributed by atoms with Gasteiger partial charge in [0.05, 0.1) is 12.3 Å². The molecule has 1 aromatic rings. The monoisotopic (exact) mass is 228 g/mol. The molecule has 0 aliphatic carbocycles. The molecule has 2 rings (SSSR count). The first-order chi connectivity index (χ1) is 8.31. The Labute approximate surface area is 99.7 Å². The Bertz CT molecular complexity index is 474. The van der Waals surface area contributed by atoms with E-state index in [0.29, 0.717) is 6.42 Å². The van der Waals surface area contributed by atoms with Crippen LogP contribution in [0.15, 0.2) is 35.5 Å². The molecule has 0 saturated heterocycles. The molecule has 4 nitrogen and oxygen atoms in total. The molecule has 1 N–H and O–H groups in total. The second-order valence-corrected chi connectivity index (χ2v) is 3.62. The molecular formula is C13H12N2O2. The highest BCUT2D eigenvalue weighted by molar-refractivity contribution is 6.04. The van der Waals surface area contributed by atoms with E-state index in [-0.39, 0.29) is 12.5 Å². The van der Waals surface area contributed by atoms with Crippen LogP contribution in [0.25, 0.3) is 0 Å². The van der Waals surface area contributed by atoms with E-state index >= 15 is 0 Å². The number of amides is 1. The Morgan fingerprint density at radius 1 is 1.53 bits per heavy atom. The predicted octanol–water partition coefficient (Wildman–Crippen LogP) is 0.929. The van der Waals surface area contributed by atoms with Crippen LogP contribution in [0, 0.1) is 12.3 Å². The van der Waals surface area contributed by atoms with Gasteiger partial charge in [-0.15, -0.1) is 6.42 Å². The molecule has 1 aliphatic rings. The first kappa shape index (κ1) is 11.2. The highest BCUT2D eigenvalue weighted by atomic mass is 16.6. The van der Waals surface area contributed by atoms with Crippen molar-refractivity contribution in [1.29, 1.82) is 0 Å². The fourth-order valence-corrected chi connectivity index (χ4v) is 1.57. The number of carbonyl (C=O) groups is 1. The lowest BCUT2D eigenvalue weighted by Crippen LogP contribution is -2.34. The van der Waals surface area contributed by atoms with Crippen molar-refractivity contribution in [3.63, 3.8) is 0 Å². The molecule has 0 bridgehead atoms. The molecule has 1 aromatic carbocycles. The molecule has 0 radical (unpaired) electrons. The lowest BCUT2D eigenvalue weighted by Gasteiger charge is -2.06. The Morgan fingerprint density at radius 2 is 2.29 bits per heavy atom. The van der Waals surface area contributed by atoms with E-state index in [4.69, 9.17) is 11.3 Å². The molecule has 0 fully saturated rings. The minimum Gasteiger partial charge on any atom is -0.382 e. The van der Waals surface area contributed by atoms with E-state index in [1.54, 1.807) is 0 Å². The maximum Gasteiger partial charge on any atom is 0.265 e. The van der Waals surface area contributed by atoms with Gasteiger partial charge in [0.25, 0.3) is 5.91 Å². The number of oxime groups is 1. The lowest BCUT2D eigenvalue weighted by molar-refractivity contribution is -0.130. The van der Waals surface area contributed by atoms with Crippen molar-refractivity contribution >= 4 is 11.6 Å². The minimum atomic E-state index is -0.571. The van der Waals surface area contributed by atoms with Crippen LogP contribution in [0.3, 0.4) is 0 Å². The summed E-state index contributed by atoms with van der Waals surface area (Å²) in [5.74, 6) is 2.12. The second-order valence-electron chi connectivity index (χ2n) is 3.62. The zero-order valence-corrected chi connectivity index (χ0v) is 9.22. The standard InChI is InChI=1S/C13H12N2O2/c1-2-8-14-13(16)12-9-11(15-17-12)10-6-4-3-5-7-10/h1,3-7,12H,8-9H2,(H,14,16)/t12-/m0/s1. The molecular weight excluding hydrogens is 216 g/mol. The van der Waals surface area contributed by atoms with Crippen LogP contribution in [0.1, 0.15) is 12.0 Å². The molecule has 1 amide bonds. The van der Waals surface area contributed by atoms with Gasteiger partial charge in [-0.2, -0.15) is 0 Å². The zero-order valence-electron chi connectivity index (χ0n) is 9.22. The fraction of sp³-hybridized carbons (Fsp3) is 0.231. The molecule has 0 unspecified atom stereocenters. The average molecular weight is 228 g/mol. The summed E-state index contributed by atoms with van der Waals surface area (Å²) in [6.07, 6.45) is 4.96. The van der Waals surface area contributed by atoms with Gasteiger partial charge in [-0.3, -0.25) is 4.79 Å². The highest BCUT2D eigenvalue weighted by Gasteiger charge is 2.28. The van der Waals surface area contributed by atoms with E-state index in [2.05, 4.69) is 16.4 Å². The van der Waals surface area contributed by atoms with Gasteiger partial charge in [0.2, 0.25) is 6.10 Å². The minimum absolute atomic E-state index is 0.208. The number of nitrogens with one attached hydrogen (secondary N) is 1. The topological polar surface area (TPSA) is 50.7 Å². The van der Waals surface area contributed by atoms with Gasteiger partial charge in [-0.25, -0.2) is 0 Å². The van der Waals surface area contributed by atoms with Gasteiger partial charge in [-0.1, -0.05) is 41.4 Å². The summed E-state index contributed by atoms with van der Waals surface area (Å²) in [5.41, 5.74) is 1.76. The molecule has 17 heavy (non-hydrogen) atoms. The van der Waals surface area contributed by atoms with Gasteiger partial charge in [-0.05, 0) is 5.56 Å². The lowest BCUT2D eigenvalue weighted by atomic mass is 10.0. The quantitative estimate of drug-likeness (QED) is 0.782. The number of carbonyl (C=O) groups excluding carboxylic acids is 1. The summed E-state index contributed by atoms with van der Waals surface area (Å²) in [7, 11) is 0. The van der Waals surface area contributed by atoms with E-state index in [9.17, 15) is 4.79 Å². The molecule has 0 aromatic heterocycles. The Morgan fingerprint density at radius 3 is 3.00 bits per heavy atom. The van der Waals surface area contributed by atoms with E-state index in [1.807, 2.05) is 30.3 Å². The Balaban J connectivity index is 1.96. The van der Waals surface area contributed by atoms with Crippen LogP contribution in [0.5, 0.6) is 0 Å². The van der Waals surface area contributed by atoms with Crippen molar-refractivity contribution in [2.45, 2.75) is 12.5 Å². The van der Waals surface area contributed by atoms with Crippen LogP contribution in [0.4, 0.5) is 0 Å². The Kier molecular flexibility index (Phi) is 3.41. The van der Waals surface area contributed by atoms with Gasteiger partial charge < -0.3 is 10.2 Å². The van der Waals surface area contributed by atoms with Crippen molar-refractivity contribution in [3.05, 3.63) is 35.9 Å². The average Bonchev–Trinajstić information content (AvgIpc) is 2.86. The van der Waals surface area contributed by atoms with Crippen LogP contribution < -0.4 is 5.32 Å². The third kappa shape index (κ3) is 2.64. The van der Waals surface area contributed by atoms with Crippen LogP contribution >= 0.6 is 0 Å². The zero-order chi connectivity index (χ0) is 12.1. The highest BCUT2D eigenvalue weighted by Crippen LogP contribution is 2.16. The van der Waals surface area contributed by atoms with Crippen LogP contribution in [-0.4, -0.2) is 24.3 Å². The Hall–Kier alpha value is -2.28. The summed E-state index contributed by atoms with van der Waals surface area (Å²) in [4.78, 5) is 16.7. The smallest absolute Gasteiger partial charge is 0.265 e. The predicted molar refractivity (Wildman–Crippen MR) is 64.3 cm³/mol. The van der Waals surface area contributed by atoms with Gasteiger partial charge in [0.15, 0.2) is 0 Å². The SMILES string of the molecule is C#CCNC(=O)[C@@H]1CC(c2ccccc2)=NO1. The molecule has 1 heterocycles. The van der Waals surface area contributed by atoms with Crippen molar-refractivity contribution < 1.29 is 9.63 Å². The summed E-state index contributed by atoms with van der Waals surface area (Å²) in [6, 6.07) is 9.64. The maximum atomic E-state index is 11.6. The van der Waals surface area contributed by atoms with Crippen molar-refractivity contribution in [2.24, 2.45) is 5.16 Å². The van der Waals surface area contributed by atoms with Crippen molar-refractivity contribution in [2.75, 3.05) is 6.54 Å². The number of benzene rings is 1. The third-order valence-corrected chi connectivity index (χ3v) is 2.43. The van der Waals surface area contributed by atoms with Crippen LogP contribution in [0.2, 0.25) is 0 Å². The number of terminal acetylenes is 1. The number of hydrogen-bond donors (Lipinski definition) is 1. The molecule has 4 heteroatoms. The van der Waals surface area contributed by atoms with E-state index < -0.39 is 6.10 Å². The second kappa shape index (κ2) is 5.17. The van der Waals surface area contributed by atoms with Crippen LogP contribution in [-0.2, 0) is 9.63 Å². The maximum absolute atomic E-state index is 11.6. The summed E-state index contributed by atoms with van der Waals surface area (Å²) >= 11 is 0. The van der Waals surface area contributed by atoms with E-state index in [0.717, 1.165) is 11.3 Å². The normalized spacial score (nSPS) is 17.8. The summed E-state index contributed by atoms with van der Waals surface area (Å²) < 4.78 is 0. The van der Waals surface area contributed by atoms with Gasteiger partial charge >= 0.3 is 0 Å². The molecule has 86 valence electrons. The fourth-order valence-electron chi connectivity index (χ4n) is 1.57. The largest absolute Gasteiger partial charge is 0.382 e. The first-order valence-electron chi connectivity index (χ1n) is 5.30. The van der Waals surface area contributed by atoms with Gasteiger partial charge in [0, 0.05) is 6.42 Å². The van der Waals surface area contributed by atoms with Crippen molar-refractivity contribution in [3.8, 4) is 12.3 Å². The third-order valence-electron chi connectivity index (χ3n) is 2.43.